The van der Waals surface area contributed by atoms with Crippen LogP contribution in [0.1, 0.15) is 40.0 Å². The van der Waals surface area contributed by atoms with E-state index in [0.717, 1.165) is 25.8 Å². The van der Waals surface area contributed by atoms with Crippen molar-refractivity contribution in [2.45, 2.75) is 40.0 Å². The van der Waals surface area contributed by atoms with Crippen molar-refractivity contribution in [3.63, 3.8) is 0 Å². The van der Waals surface area contributed by atoms with Crippen LogP contribution in [0.25, 0.3) is 0 Å². The fraction of sp³-hybridized carbons (Fsp3) is 0.818. The van der Waals surface area contributed by atoms with Crippen LogP contribution in [-0.4, -0.2) is 24.4 Å². The summed E-state index contributed by atoms with van der Waals surface area (Å²) in [4.78, 5) is 13.3. The summed E-state index contributed by atoms with van der Waals surface area (Å²) in [6, 6.07) is 2.02. The van der Waals surface area contributed by atoms with Crippen LogP contribution in [0.5, 0.6) is 0 Å². The first-order chi connectivity index (χ1) is 6.45. The van der Waals surface area contributed by atoms with Crippen LogP contribution in [0, 0.1) is 16.7 Å². The predicted octanol–water partition coefficient (Wildman–Crippen LogP) is 2.18. The second-order valence-corrected chi connectivity index (χ2v) is 4.17. The Bertz CT molecular complexity index is 228. The monoisotopic (exact) mass is 196 g/mol. The number of hydrogen-bond donors (Lipinski definition) is 0. The molecule has 0 rings (SSSR count). The summed E-state index contributed by atoms with van der Waals surface area (Å²) >= 11 is 0. The predicted molar refractivity (Wildman–Crippen MR) is 56.6 cm³/mol. The van der Waals surface area contributed by atoms with Crippen molar-refractivity contribution in [2.75, 3.05) is 13.6 Å². The third-order valence-corrected chi connectivity index (χ3v) is 2.26. The molecule has 0 aliphatic heterocycles. The van der Waals surface area contributed by atoms with Crippen molar-refractivity contribution in [3.05, 3.63) is 0 Å². The highest BCUT2D eigenvalue weighted by Gasteiger charge is 2.29. The van der Waals surface area contributed by atoms with Crippen LogP contribution < -0.4 is 0 Å². The van der Waals surface area contributed by atoms with E-state index in [1.54, 1.807) is 25.8 Å². The molecule has 0 spiro atoms. The van der Waals surface area contributed by atoms with Gasteiger partial charge in [0.05, 0.1) is 6.07 Å². The molecule has 1 amide bonds. The van der Waals surface area contributed by atoms with Crippen molar-refractivity contribution >= 4 is 5.91 Å². The molecule has 0 unspecified atom stereocenters. The lowest BCUT2D eigenvalue weighted by Gasteiger charge is -2.23. The van der Waals surface area contributed by atoms with Gasteiger partial charge in [0.1, 0.15) is 5.41 Å². The number of amides is 1. The molecular weight excluding hydrogens is 176 g/mol. The van der Waals surface area contributed by atoms with Crippen LogP contribution in [0.15, 0.2) is 0 Å². The molecule has 0 aliphatic carbocycles. The second kappa shape index (κ2) is 5.64. The molecule has 0 saturated carbocycles. The Morgan fingerprint density at radius 1 is 1.43 bits per heavy atom. The minimum Gasteiger partial charge on any atom is -0.344 e. The van der Waals surface area contributed by atoms with Gasteiger partial charge in [-0.1, -0.05) is 19.8 Å². The Balaban J connectivity index is 4.07. The number of carbonyl (C=O) groups is 1. The van der Waals surface area contributed by atoms with Gasteiger partial charge in [0.25, 0.3) is 0 Å². The van der Waals surface area contributed by atoms with Crippen LogP contribution >= 0.6 is 0 Å². The zero-order chi connectivity index (χ0) is 11.2. The minimum absolute atomic E-state index is 0.0869. The maximum absolute atomic E-state index is 11.7. The van der Waals surface area contributed by atoms with Crippen LogP contribution in [0.4, 0.5) is 0 Å². The Hall–Kier alpha value is -1.04. The van der Waals surface area contributed by atoms with Gasteiger partial charge in [-0.25, -0.2) is 0 Å². The Morgan fingerprint density at radius 3 is 2.43 bits per heavy atom. The van der Waals surface area contributed by atoms with Gasteiger partial charge < -0.3 is 4.90 Å². The maximum atomic E-state index is 11.7. The molecule has 0 aliphatic rings. The largest absolute Gasteiger partial charge is 0.344 e. The highest BCUT2D eigenvalue weighted by molar-refractivity contribution is 5.84. The van der Waals surface area contributed by atoms with E-state index >= 15 is 0 Å². The van der Waals surface area contributed by atoms with Crippen molar-refractivity contribution in [1.29, 1.82) is 5.26 Å². The molecule has 0 heterocycles. The van der Waals surface area contributed by atoms with Crippen LogP contribution in [-0.2, 0) is 4.79 Å². The standard InChI is InChI=1S/C11H20N2O/c1-5-6-7-8-13(4)10(14)11(2,3)9-12/h5-8H2,1-4H3. The minimum atomic E-state index is -0.888. The van der Waals surface area contributed by atoms with Gasteiger partial charge in [0.2, 0.25) is 5.91 Å². The first-order valence-corrected chi connectivity index (χ1v) is 5.12. The molecule has 0 aromatic heterocycles. The highest BCUT2D eigenvalue weighted by atomic mass is 16.2. The summed E-state index contributed by atoms with van der Waals surface area (Å²) in [5.41, 5.74) is -0.888. The lowest BCUT2D eigenvalue weighted by atomic mass is 9.94. The van der Waals surface area contributed by atoms with Gasteiger partial charge in [0.15, 0.2) is 0 Å². The molecule has 0 bridgehead atoms. The molecule has 0 N–H and O–H groups in total. The summed E-state index contributed by atoms with van der Waals surface area (Å²) in [7, 11) is 1.76. The van der Waals surface area contributed by atoms with Crippen molar-refractivity contribution < 1.29 is 4.79 Å². The van der Waals surface area contributed by atoms with E-state index in [1.807, 2.05) is 6.07 Å². The molecule has 0 saturated heterocycles. The SMILES string of the molecule is CCCCCN(C)C(=O)C(C)(C)C#N. The van der Waals surface area contributed by atoms with Gasteiger partial charge in [-0.3, -0.25) is 4.79 Å². The zero-order valence-electron chi connectivity index (χ0n) is 9.63. The number of carbonyl (C=O) groups excluding carboxylic acids is 1. The summed E-state index contributed by atoms with van der Waals surface area (Å²) in [6.45, 7) is 6.19. The number of unbranched alkanes of at least 4 members (excludes halogenated alkanes) is 2. The Labute approximate surface area is 86.7 Å². The quantitative estimate of drug-likeness (QED) is 0.633. The van der Waals surface area contributed by atoms with E-state index in [0.29, 0.717) is 0 Å². The summed E-state index contributed by atoms with van der Waals surface area (Å²) in [5, 5.41) is 8.79. The van der Waals surface area contributed by atoms with Crippen LogP contribution in [0.2, 0.25) is 0 Å². The molecule has 0 aromatic carbocycles. The molecule has 0 aromatic rings. The first-order valence-electron chi connectivity index (χ1n) is 5.12. The first kappa shape index (κ1) is 13.0. The smallest absolute Gasteiger partial charge is 0.242 e. The van der Waals surface area contributed by atoms with E-state index < -0.39 is 5.41 Å². The number of rotatable bonds is 5. The van der Waals surface area contributed by atoms with Gasteiger partial charge in [-0.15, -0.1) is 0 Å². The lowest BCUT2D eigenvalue weighted by molar-refractivity contribution is -0.136. The molecular formula is C11H20N2O. The molecule has 0 radical (unpaired) electrons. The van der Waals surface area contributed by atoms with E-state index in [1.165, 1.54) is 0 Å². The van der Waals surface area contributed by atoms with Crippen molar-refractivity contribution in [2.24, 2.45) is 5.41 Å². The van der Waals surface area contributed by atoms with Gasteiger partial charge in [-0.05, 0) is 20.3 Å². The van der Waals surface area contributed by atoms with Crippen molar-refractivity contribution in [1.82, 2.24) is 4.90 Å². The topological polar surface area (TPSA) is 44.1 Å². The van der Waals surface area contributed by atoms with E-state index in [2.05, 4.69) is 6.92 Å². The van der Waals surface area contributed by atoms with Crippen molar-refractivity contribution in [3.8, 4) is 6.07 Å². The lowest BCUT2D eigenvalue weighted by Crippen LogP contribution is -2.38. The number of nitrogens with zero attached hydrogens (tertiary/aromatic N) is 2. The fourth-order valence-corrected chi connectivity index (χ4v) is 1.23. The summed E-state index contributed by atoms with van der Waals surface area (Å²) < 4.78 is 0. The fourth-order valence-electron chi connectivity index (χ4n) is 1.23. The summed E-state index contributed by atoms with van der Waals surface area (Å²) in [5.74, 6) is -0.0869. The third-order valence-electron chi connectivity index (χ3n) is 2.26. The highest BCUT2D eigenvalue weighted by Crippen LogP contribution is 2.16. The number of nitriles is 1. The van der Waals surface area contributed by atoms with Gasteiger partial charge in [0, 0.05) is 13.6 Å². The molecule has 3 nitrogen and oxygen atoms in total. The average molecular weight is 196 g/mol. The second-order valence-electron chi connectivity index (χ2n) is 4.17. The maximum Gasteiger partial charge on any atom is 0.242 e. The molecule has 0 atom stereocenters. The molecule has 80 valence electrons. The Morgan fingerprint density at radius 2 is 2.00 bits per heavy atom. The molecule has 3 heteroatoms. The van der Waals surface area contributed by atoms with E-state index in [4.69, 9.17) is 5.26 Å². The number of hydrogen-bond acceptors (Lipinski definition) is 2. The van der Waals surface area contributed by atoms with E-state index in [-0.39, 0.29) is 5.91 Å². The van der Waals surface area contributed by atoms with Gasteiger partial charge in [-0.2, -0.15) is 5.26 Å². The van der Waals surface area contributed by atoms with E-state index in [9.17, 15) is 4.79 Å². The van der Waals surface area contributed by atoms with Gasteiger partial charge >= 0.3 is 0 Å². The average Bonchev–Trinajstić information content (AvgIpc) is 2.17. The third kappa shape index (κ3) is 3.78. The normalized spacial score (nSPS) is 10.8. The molecule has 0 fully saturated rings. The zero-order valence-corrected chi connectivity index (χ0v) is 9.63. The molecule has 14 heavy (non-hydrogen) atoms. The Kier molecular flexibility index (Phi) is 5.22. The van der Waals surface area contributed by atoms with Crippen LogP contribution in [0.3, 0.4) is 0 Å². The summed E-state index contributed by atoms with van der Waals surface area (Å²) in [6.07, 6.45) is 3.29.